The van der Waals surface area contributed by atoms with Gasteiger partial charge in [0.05, 0.1) is 13.2 Å². The summed E-state index contributed by atoms with van der Waals surface area (Å²) in [6.45, 7) is 6.14. The fourth-order valence-electron chi connectivity index (χ4n) is 2.09. The Morgan fingerprint density at radius 2 is 2.18 bits per heavy atom. The molecule has 17 heavy (non-hydrogen) atoms. The second kappa shape index (κ2) is 7.43. The van der Waals surface area contributed by atoms with Crippen molar-refractivity contribution in [2.45, 2.75) is 39.5 Å². The number of esters is 1. The van der Waals surface area contributed by atoms with Crippen molar-refractivity contribution in [3.05, 3.63) is 0 Å². The fraction of sp³-hybridized carbons (Fsp3) is 0.846. The van der Waals surface area contributed by atoms with E-state index in [-0.39, 0.29) is 17.7 Å². The molecule has 1 unspecified atom stereocenters. The summed E-state index contributed by atoms with van der Waals surface area (Å²) in [6.07, 6.45) is 3.90. The molecule has 0 aliphatic carbocycles. The van der Waals surface area contributed by atoms with E-state index >= 15 is 0 Å². The van der Waals surface area contributed by atoms with Crippen molar-refractivity contribution in [1.82, 2.24) is 4.90 Å². The lowest BCUT2D eigenvalue weighted by Gasteiger charge is -2.30. The summed E-state index contributed by atoms with van der Waals surface area (Å²) in [7, 11) is 0. The number of piperidine rings is 1. The van der Waals surface area contributed by atoms with Gasteiger partial charge in [0.1, 0.15) is 5.78 Å². The summed E-state index contributed by atoms with van der Waals surface area (Å²) < 4.78 is 5.12. The molecule has 1 atom stereocenters. The number of unbranched alkanes of at least 4 members (excludes halogenated alkanes) is 1. The van der Waals surface area contributed by atoms with Gasteiger partial charge in [-0.05, 0) is 32.7 Å². The summed E-state index contributed by atoms with van der Waals surface area (Å²) in [5, 5.41) is 0. The van der Waals surface area contributed by atoms with Gasteiger partial charge in [-0.1, -0.05) is 13.3 Å². The van der Waals surface area contributed by atoms with Gasteiger partial charge >= 0.3 is 5.97 Å². The molecule has 0 aromatic rings. The van der Waals surface area contributed by atoms with Crippen LogP contribution in [0.3, 0.4) is 0 Å². The van der Waals surface area contributed by atoms with E-state index in [9.17, 15) is 9.59 Å². The number of hydrogen-bond acceptors (Lipinski definition) is 4. The van der Waals surface area contributed by atoms with E-state index in [1.807, 2.05) is 4.90 Å². The van der Waals surface area contributed by atoms with Crippen LogP contribution in [0.1, 0.15) is 39.5 Å². The second-order valence-electron chi connectivity index (χ2n) is 4.76. The molecule has 0 aromatic carbocycles. The van der Waals surface area contributed by atoms with Gasteiger partial charge in [0.15, 0.2) is 0 Å². The van der Waals surface area contributed by atoms with Crippen molar-refractivity contribution in [2.75, 3.05) is 26.2 Å². The van der Waals surface area contributed by atoms with Gasteiger partial charge in [-0.15, -0.1) is 0 Å². The minimum atomic E-state index is -0.164. The molecule has 1 fully saturated rings. The number of ether oxygens (including phenoxy) is 1. The highest BCUT2D eigenvalue weighted by molar-refractivity contribution is 5.78. The van der Waals surface area contributed by atoms with Gasteiger partial charge in [-0.25, -0.2) is 0 Å². The maximum Gasteiger partial charge on any atom is 0.320 e. The van der Waals surface area contributed by atoms with Gasteiger partial charge in [-0.3, -0.25) is 14.5 Å². The number of ketones is 1. The van der Waals surface area contributed by atoms with E-state index in [0.29, 0.717) is 19.7 Å². The lowest BCUT2D eigenvalue weighted by molar-refractivity contribution is -0.146. The van der Waals surface area contributed by atoms with Crippen molar-refractivity contribution in [3.8, 4) is 0 Å². The third kappa shape index (κ3) is 5.31. The Hall–Kier alpha value is -0.900. The molecule has 1 heterocycles. The van der Waals surface area contributed by atoms with Crippen molar-refractivity contribution < 1.29 is 14.3 Å². The highest BCUT2D eigenvalue weighted by Crippen LogP contribution is 2.16. The van der Waals surface area contributed by atoms with Crippen LogP contribution in [0.2, 0.25) is 0 Å². The van der Waals surface area contributed by atoms with Crippen LogP contribution < -0.4 is 0 Å². The largest absolute Gasteiger partial charge is 0.465 e. The number of Topliss-reactive ketones (excluding diaryl/α,β-unsaturated/α-hetero) is 1. The average Bonchev–Trinajstić information content (AvgIpc) is 2.29. The van der Waals surface area contributed by atoms with Crippen LogP contribution in [-0.2, 0) is 14.3 Å². The standard InChI is InChI=1S/C13H23NO3/c1-3-4-8-17-13(16)10-14-7-5-6-12(9-14)11(2)15/h12H,3-10H2,1-2H3. The summed E-state index contributed by atoms with van der Waals surface area (Å²) in [6, 6.07) is 0. The average molecular weight is 241 g/mol. The first kappa shape index (κ1) is 14.2. The summed E-state index contributed by atoms with van der Waals surface area (Å²) in [4.78, 5) is 24.8. The molecule has 4 heteroatoms. The number of rotatable bonds is 6. The minimum Gasteiger partial charge on any atom is -0.465 e. The lowest BCUT2D eigenvalue weighted by atomic mass is 9.95. The van der Waals surface area contributed by atoms with Gasteiger partial charge in [-0.2, -0.15) is 0 Å². The van der Waals surface area contributed by atoms with Crippen molar-refractivity contribution >= 4 is 11.8 Å². The Bertz CT molecular complexity index is 265. The second-order valence-corrected chi connectivity index (χ2v) is 4.76. The first-order valence-electron chi connectivity index (χ1n) is 6.52. The van der Waals surface area contributed by atoms with Gasteiger partial charge in [0.25, 0.3) is 0 Å². The highest BCUT2D eigenvalue weighted by Gasteiger charge is 2.24. The summed E-state index contributed by atoms with van der Waals surface area (Å²) in [5.74, 6) is 0.170. The van der Waals surface area contributed by atoms with E-state index in [0.717, 1.165) is 32.2 Å². The Kier molecular flexibility index (Phi) is 6.19. The minimum absolute atomic E-state index is 0.104. The monoisotopic (exact) mass is 241 g/mol. The van der Waals surface area contributed by atoms with E-state index in [1.54, 1.807) is 6.92 Å². The topological polar surface area (TPSA) is 46.6 Å². The first-order valence-corrected chi connectivity index (χ1v) is 6.52. The summed E-state index contributed by atoms with van der Waals surface area (Å²) >= 11 is 0. The normalized spacial score (nSPS) is 21.2. The Labute approximate surface area is 103 Å². The third-order valence-electron chi connectivity index (χ3n) is 3.19. The molecule has 0 aromatic heterocycles. The quantitative estimate of drug-likeness (QED) is 0.524. The fourth-order valence-corrected chi connectivity index (χ4v) is 2.09. The molecule has 1 rings (SSSR count). The molecule has 0 saturated carbocycles. The van der Waals surface area contributed by atoms with E-state index in [4.69, 9.17) is 4.74 Å². The predicted molar refractivity (Wildman–Crippen MR) is 65.7 cm³/mol. The molecule has 1 saturated heterocycles. The van der Waals surface area contributed by atoms with E-state index in [2.05, 4.69) is 6.92 Å². The van der Waals surface area contributed by atoms with Crippen molar-refractivity contribution in [3.63, 3.8) is 0 Å². The Balaban J connectivity index is 2.26. The molecule has 1 aliphatic rings. The van der Waals surface area contributed by atoms with Crippen LogP contribution in [0, 0.1) is 5.92 Å². The third-order valence-corrected chi connectivity index (χ3v) is 3.19. The molecule has 0 radical (unpaired) electrons. The van der Waals surface area contributed by atoms with Crippen LogP contribution in [0.25, 0.3) is 0 Å². The zero-order valence-corrected chi connectivity index (χ0v) is 10.9. The highest BCUT2D eigenvalue weighted by atomic mass is 16.5. The first-order chi connectivity index (χ1) is 8.13. The smallest absolute Gasteiger partial charge is 0.320 e. The maximum absolute atomic E-state index is 11.5. The molecule has 0 N–H and O–H groups in total. The van der Waals surface area contributed by atoms with Crippen LogP contribution in [-0.4, -0.2) is 42.9 Å². The van der Waals surface area contributed by atoms with Gasteiger partial charge in [0, 0.05) is 12.5 Å². The number of hydrogen-bond donors (Lipinski definition) is 0. The Morgan fingerprint density at radius 1 is 1.41 bits per heavy atom. The van der Waals surface area contributed by atoms with Crippen LogP contribution in [0.5, 0.6) is 0 Å². The van der Waals surface area contributed by atoms with E-state index in [1.165, 1.54) is 0 Å². The zero-order chi connectivity index (χ0) is 12.7. The SMILES string of the molecule is CCCCOC(=O)CN1CCCC(C(C)=O)C1. The molecule has 1 aliphatic heterocycles. The molecule has 0 bridgehead atoms. The van der Waals surface area contributed by atoms with Gasteiger partial charge in [0.2, 0.25) is 0 Å². The number of likely N-dealkylation sites (tertiary alicyclic amines) is 1. The van der Waals surface area contributed by atoms with Crippen molar-refractivity contribution in [1.29, 1.82) is 0 Å². The molecule has 0 amide bonds. The van der Waals surface area contributed by atoms with Crippen LogP contribution in [0.15, 0.2) is 0 Å². The number of carbonyl (C=O) groups excluding carboxylic acids is 2. The molecular formula is C13H23NO3. The number of nitrogens with zero attached hydrogens (tertiary/aromatic N) is 1. The van der Waals surface area contributed by atoms with Gasteiger partial charge < -0.3 is 4.74 Å². The molecule has 0 spiro atoms. The van der Waals surface area contributed by atoms with E-state index < -0.39 is 0 Å². The molecule has 98 valence electrons. The lowest BCUT2D eigenvalue weighted by Crippen LogP contribution is -2.41. The molecular weight excluding hydrogens is 218 g/mol. The van der Waals surface area contributed by atoms with Crippen LogP contribution >= 0.6 is 0 Å². The Morgan fingerprint density at radius 3 is 2.82 bits per heavy atom. The maximum atomic E-state index is 11.5. The molecule has 4 nitrogen and oxygen atoms in total. The number of carbonyl (C=O) groups is 2. The summed E-state index contributed by atoms with van der Waals surface area (Å²) in [5.41, 5.74) is 0. The zero-order valence-electron chi connectivity index (χ0n) is 10.9. The predicted octanol–water partition coefficient (Wildman–Crippen LogP) is 1.63. The van der Waals surface area contributed by atoms with Crippen LogP contribution in [0.4, 0.5) is 0 Å². The van der Waals surface area contributed by atoms with Crippen molar-refractivity contribution in [2.24, 2.45) is 5.92 Å².